The molecule has 15 heavy (non-hydrogen) atoms. The van der Waals surface area contributed by atoms with E-state index in [2.05, 4.69) is 5.32 Å². The van der Waals surface area contributed by atoms with Gasteiger partial charge < -0.3 is 10.4 Å². The lowest BCUT2D eigenvalue weighted by molar-refractivity contribution is -0.136. The molecule has 0 spiro atoms. The van der Waals surface area contributed by atoms with Gasteiger partial charge in [0.25, 0.3) is 0 Å². The van der Waals surface area contributed by atoms with Gasteiger partial charge in [-0.25, -0.2) is 0 Å². The summed E-state index contributed by atoms with van der Waals surface area (Å²) in [5.41, 5.74) is 2.15. The molecule has 1 aromatic carbocycles. The zero-order valence-corrected chi connectivity index (χ0v) is 9.34. The monoisotopic (exact) mass is 227 g/mol. The highest BCUT2D eigenvalue weighted by Crippen LogP contribution is 2.15. The van der Waals surface area contributed by atoms with E-state index >= 15 is 0 Å². The van der Waals surface area contributed by atoms with Gasteiger partial charge in [-0.15, -0.1) is 0 Å². The first-order valence-corrected chi connectivity index (χ1v) is 5.15. The minimum Gasteiger partial charge on any atom is -0.481 e. The minimum absolute atomic E-state index is 0.145. The Morgan fingerprint density at radius 3 is 2.87 bits per heavy atom. The van der Waals surface area contributed by atoms with Gasteiger partial charge in [0.2, 0.25) is 0 Å². The smallest absolute Gasteiger partial charge is 0.304 e. The Bertz CT molecular complexity index is 352. The van der Waals surface area contributed by atoms with E-state index in [1.807, 2.05) is 25.1 Å². The van der Waals surface area contributed by atoms with Gasteiger partial charge >= 0.3 is 5.97 Å². The number of carboxylic acid groups (broad SMARTS) is 1. The van der Waals surface area contributed by atoms with Crippen LogP contribution >= 0.6 is 11.6 Å². The van der Waals surface area contributed by atoms with Crippen LogP contribution in [0.15, 0.2) is 18.2 Å². The van der Waals surface area contributed by atoms with Crippen molar-refractivity contribution in [2.75, 3.05) is 6.54 Å². The van der Waals surface area contributed by atoms with E-state index in [4.69, 9.17) is 16.7 Å². The summed E-state index contributed by atoms with van der Waals surface area (Å²) in [6.45, 7) is 3.10. The normalized spacial score (nSPS) is 10.3. The highest BCUT2D eigenvalue weighted by molar-refractivity contribution is 6.31. The van der Waals surface area contributed by atoms with E-state index in [9.17, 15) is 4.79 Å². The molecule has 0 heterocycles. The molecule has 0 bridgehead atoms. The van der Waals surface area contributed by atoms with E-state index in [0.717, 1.165) is 16.1 Å². The van der Waals surface area contributed by atoms with Gasteiger partial charge in [0.05, 0.1) is 6.42 Å². The number of rotatable bonds is 5. The van der Waals surface area contributed by atoms with Crippen molar-refractivity contribution in [2.45, 2.75) is 19.9 Å². The average Bonchev–Trinajstić information content (AvgIpc) is 2.18. The summed E-state index contributed by atoms with van der Waals surface area (Å²) in [7, 11) is 0. The number of hydrogen-bond donors (Lipinski definition) is 2. The number of benzene rings is 1. The molecule has 2 N–H and O–H groups in total. The maximum absolute atomic E-state index is 10.3. The lowest BCUT2D eigenvalue weighted by Crippen LogP contribution is -2.17. The SMILES string of the molecule is Cc1cc(CNCCC(=O)O)ccc1Cl. The molecule has 0 aliphatic carbocycles. The van der Waals surface area contributed by atoms with Gasteiger partial charge in [0.15, 0.2) is 0 Å². The van der Waals surface area contributed by atoms with Crippen molar-refractivity contribution >= 4 is 17.6 Å². The third-order valence-corrected chi connectivity index (χ3v) is 2.49. The van der Waals surface area contributed by atoms with Gasteiger partial charge in [0, 0.05) is 18.1 Å². The first-order valence-electron chi connectivity index (χ1n) is 4.77. The minimum atomic E-state index is -0.783. The van der Waals surface area contributed by atoms with Crippen molar-refractivity contribution in [2.24, 2.45) is 0 Å². The van der Waals surface area contributed by atoms with Crippen molar-refractivity contribution in [3.05, 3.63) is 34.3 Å². The molecule has 0 atom stereocenters. The van der Waals surface area contributed by atoms with Crippen molar-refractivity contribution < 1.29 is 9.90 Å². The largest absolute Gasteiger partial charge is 0.481 e. The molecule has 1 aromatic rings. The first kappa shape index (κ1) is 12.0. The molecule has 0 saturated heterocycles. The molecule has 4 heteroatoms. The average molecular weight is 228 g/mol. The predicted octanol–water partition coefficient (Wildman–Crippen LogP) is 2.21. The lowest BCUT2D eigenvalue weighted by Gasteiger charge is -2.05. The zero-order valence-electron chi connectivity index (χ0n) is 8.59. The van der Waals surface area contributed by atoms with Crippen LogP contribution in [-0.4, -0.2) is 17.6 Å². The van der Waals surface area contributed by atoms with E-state index < -0.39 is 5.97 Å². The number of aliphatic carboxylic acids is 1. The highest BCUT2D eigenvalue weighted by Gasteiger charge is 1.99. The summed E-state index contributed by atoms with van der Waals surface area (Å²) in [6.07, 6.45) is 0.145. The third kappa shape index (κ3) is 4.32. The lowest BCUT2D eigenvalue weighted by atomic mass is 10.1. The Balaban J connectivity index is 2.38. The van der Waals surface area contributed by atoms with Crippen LogP contribution in [0.2, 0.25) is 5.02 Å². The molecule has 0 unspecified atom stereocenters. The summed E-state index contributed by atoms with van der Waals surface area (Å²) in [4.78, 5) is 10.3. The second-order valence-electron chi connectivity index (χ2n) is 3.40. The standard InChI is InChI=1S/C11H14ClNO2/c1-8-6-9(2-3-10(8)12)7-13-5-4-11(14)15/h2-3,6,13H,4-5,7H2,1H3,(H,14,15). The molecule has 0 aliphatic heterocycles. The van der Waals surface area contributed by atoms with Crippen molar-refractivity contribution in [3.63, 3.8) is 0 Å². The fraction of sp³-hybridized carbons (Fsp3) is 0.364. The van der Waals surface area contributed by atoms with Crippen LogP contribution in [0.25, 0.3) is 0 Å². The summed E-state index contributed by atoms with van der Waals surface area (Å²) in [5, 5.41) is 12.2. The third-order valence-electron chi connectivity index (χ3n) is 2.07. The van der Waals surface area contributed by atoms with Crippen molar-refractivity contribution in [1.82, 2.24) is 5.32 Å². The van der Waals surface area contributed by atoms with Gasteiger partial charge in [-0.2, -0.15) is 0 Å². The van der Waals surface area contributed by atoms with Crippen LogP contribution in [0.3, 0.4) is 0 Å². The number of halogens is 1. The molecule has 0 aromatic heterocycles. The number of nitrogens with one attached hydrogen (secondary N) is 1. The fourth-order valence-electron chi connectivity index (χ4n) is 1.24. The molecule has 0 aliphatic rings. The summed E-state index contributed by atoms with van der Waals surface area (Å²) in [6, 6.07) is 5.78. The molecular formula is C11H14ClNO2. The highest BCUT2D eigenvalue weighted by atomic mass is 35.5. The Kier molecular flexibility index (Phi) is 4.59. The Morgan fingerprint density at radius 2 is 2.27 bits per heavy atom. The van der Waals surface area contributed by atoms with Gasteiger partial charge in [-0.3, -0.25) is 4.79 Å². The molecule has 82 valence electrons. The quantitative estimate of drug-likeness (QED) is 0.759. The molecule has 1 rings (SSSR count). The van der Waals surface area contributed by atoms with E-state index in [-0.39, 0.29) is 6.42 Å². The van der Waals surface area contributed by atoms with Crippen LogP contribution in [0.4, 0.5) is 0 Å². The topological polar surface area (TPSA) is 49.3 Å². The Morgan fingerprint density at radius 1 is 1.53 bits per heavy atom. The molecule has 3 nitrogen and oxygen atoms in total. The fourth-order valence-corrected chi connectivity index (χ4v) is 1.36. The van der Waals surface area contributed by atoms with Crippen LogP contribution in [-0.2, 0) is 11.3 Å². The zero-order chi connectivity index (χ0) is 11.3. The van der Waals surface area contributed by atoms with E-state index in [0.29, 0.717) is 13.1 Å². The summed E-state index contributed by atoms with van der Waals surface area (Å²) >= 11 is 5.89. The summed E-state index contributed by atoms with van der Waals surface area (Å²) in [5.74, 6) is -0.783. The second kappa shape index (κ2) is 5.73. The van der Waals surface area contributed by atoms with Crippen LogP contribution in [0.1, 0.15) is 17.5 Å². The Labute approximate surface area is 94.1 Å². The number of carbonyl (C=O) groups is 1. The number of hydrogen-bond acceptors (Lipinski definition) is 2. The molecule has 0 fully saturated rings. The van der Waals surface area contributed by atoms with Crippen LogP contribution < -0.4 is 5.32 Å². The van der Waals surface area contributed by atoms with Crippen LogP contribution in [0.5, 0.6) is 0 Å². The maximum Gasteiger partial charge on any atom is 0.304 e. The van der Waals surface area contributed by atoms with Gasteiger partial charge in [-0.05, 0) is 24.1 Å². The maximum atomic E-state index is 10.3. The van der Waals surface area contributed by atoms with E-state index in [1.165, 1.54) is 0 Å². The van der Waals surface area contributed by atoms with Gasteiger partial charge in [-0.1, -0.05) is 23.7 Å². The Hall–Kier alpha value is -1.06. The molecular weight excluding hydrogens is 214 g/mol. The molecule has 0 saturated carbocycles. The van der Waals surface area contributed by atoms with Crippen molar-refractivity contribution in [3.8, 4) is 0 Å². The van der Waals surface area contributed by atoms with E-state index in [1.54, 1.807) is 0 Å². The number of aryl methyl sites for hydroxylation is 1. The first-order chi connectivity index (χ1) is 7.09. The number of carboxylic acids is 1. The second-order valence-corrected chi connectivity index (χ2v) is 3.81. The van der Waals surface area contributed by atoms with Gasteiger partial charge in [0.1, 0.15) is 0 Å². The van der Waals surface area contributed by atoms with Crippen molar-refractivity contribution in [1.29, 1.82) is 0 Å². The molecule has 0 amide bonds. The summed E-state index contributed by atoms with van der Waals surface area (Å²) < 4.78 is 0. The predicted molar refractivity (Wildman–Crippen MR) is 60.1 cm³/mol. The van der Waals surface area contributed by atoms with Crippen LogP contribution in [0, 0.1) is 6.92 Å². The molecule has 0 radical (unpaired) electrons.